The van der Waals surface area contributed by atoms with Crippen molar-refractivity contribution >= 4 is 17.2 Å². The molecule has 0 N–H and O–H groups in total. The molecule has 2 bridgehead atoms. The van der Waals surface area contributed by atoms with Gasteiger partial charge in [0.25, 0.3) is 0 Å². The van der Waals surface area contributed by atoms with E-state index in [0.717, 1.165) is 12.0 Å². The summed E-state index contributed by atoms with van der Waals surface area (Å²) in [5.41, 5.74) is 9.13. The summed E-state index contributed by atoms with van der Waals surface area (Å²) in [7, 11) is 0. The summed E-state index contributed by atoms with van der Waals surface area (Å²) in [5, 5.41) is 0. The van der Waals surface area contributed by atoms with Gasteiger partial charge in [-0.15, -0.1) is 0 Å². The van der Waals surface area contributed by atoms with Crippen molar-refractivity contribution in [1.29, 1.82) is 0 Å². The molecule has 0 radical (unpaired) electrons. The van der Waals surface area contributed by atoms with Gasteiger partial charge in [0.15, 0.2) is 0 Å². The van der Waals surface area contributed by atoms with Crippen molar-refractivity contribution in [2.75, 3.05) is 0 Å². The van der Waals surface area contributed by atoms with Crippen molar-refractivity contribution in [2.45, 2.75) is 6.42 Å². The number of allylic oxidation sites excluding steroid dienone is 3. The Hall–Kier alpha value is -2.34. The normalized spacial score (nSPS) is 15.4. The molecule has 0 saturated heterocycles. The first kappa shape index (κ1) is 10.6. The van der Waals surface area contributed by atoms with Gasteiger partial charge >= 0.3 is 0 Å². The molecule has 0 amide bonds. The third kappa shape index (κ3) is 1.47. The molecule has 2 aromatic rings. The molecular weight excluding hydrogens is 228 g/mol. The third-order valence-corrected chi connectivity index (χ3v) is 4.08. The lowest BCUT2D eigenvalue weighted by Crippen LogP contribution is -1.93. The number of fused-ring (bicyclic) bond motifs is 3. The second-order valence-electron chi connectivity index (χ2n) is 5.13. The minimum absolute atomic E-state index is 0.995. The summed E-state index contributed by atoms with van der Waals surface area (Å²) in [6, 6.07) is 15.1. The highest BCUT2D eigenvalue weighted by molar-refractivity contribution is 5.93. The molecule has 0 saturated carbocycles. The highest BCUT2D eigenvalue weighted by atomic mass is 14.2. The van der Waals surface area contributed by atoms with Crippen molar-refractivity contribution in [2.24, 2.45) is 0 Å². The molecule has 0 heterocycles. The first-order valence-corrected chi connectivity index (χ1v) is 6.63. The van der Waals surface area contributed by atoms with Crippen LogP contribution in [0, 0.1) is 0 Å². The van der Waals surface area contributed by atoms with E-state index >= 15 is 0 Å². The maximum Gasteiger partial charge on any atom is -0.000751 e. The largest absolute Gasteiger partial charge is 0.0905 e. The molecule has 90 valence electrons. The maximum absolute atomic E-state index is 4.34. The monoisotopic (exact) mass is 242 g/mol. The van der Waals surface area contributed by atoms with Crippen LogP contribution < -0.4 is 0 Å². The standard InChI is InChI=1S/C19H14/c1-13-16-9-2-3-10-18(16)15-8-4-6-14-7-5-11-17(13)19(14)12-15/h2-11H,1,12H2. The predicted molar refractivity (Wildman–Crippen MR) is 81.7 cm³/mol. The van der Waals surface area contributed by atoms with Crippen LogP contribution in [0.1, 0.15) is 27.8 Å². The van der Waals surface area contributed by atoms with Crippen LogP contribution in [0.3, 0.4) is 0 Å². The molecule has 19 heavy (non-hydrogen) atoms. The van der Waals surface area contributed by atoms with Gasteiger partial charge < -0.3 is 0 Å². The lowest BCUT2D eigenvalue weighted by atomic mass is 9.93. The van der Waals surface area contributed by atoms with Crippen molar-refractivity contribution in [3.05, 3.63) is 89.0 Å². The average Bonchev–Trinajstić information content (AvgIpc) is 2.73. The zero-order valence-corrected chi connectivity index (χ0v) is 10.7. The van der Waals surface area contributed by atoms with Crippen molar-refractivity contribution in [1.82, 2.24) is 0 Å². The molecule has 4 rings (SSSR count). The molecule has 2 aliphatic rings. The Morgan fingerprint density at radius 1 is 0.842 bits per heavy atom. The van der Waals surface area contributed by atoms with Crippen LogP contribution in [0.2, 0.25) is 0 Å². The Morgan fingerprint density at radius 3 is 2.53 bits per heavy atom. The van der Waals surface area contributed by atoms with Crippen LogP contribution in [0.15, 0.2) is 61.2 Å². The van der Waals surface area contributed by atoms with E-state index in [9.17, 15) is 0 Å². The second-order valence-corrected chi connectivity index (χ2v) is 5.13. The van der Waals surface area contributed by atoms with E-state index in [1.807, 2.05) is 0 Å². The maximum atomic E-state index is 4.34. The Morgan fingerprint density at radius 2 is 1.63 bits per heavy atom. The van der Waals surface area contributed by atoms with E-state index in [1.165, 1.54) is 33.4 Å². The van der Waals surface area contributed by atoms with E-state index < -0.39 is 0 Å². The fraction of sp³-hybridized carbons (Fsp3) is 0.0526. The minimum atomic E-state index is 0.995. The Kier molecular flexibility index (Phi) is 2.13. The number of hydrogen-bond donors (Lipinski definition) is 0. The van der Waals surface area contributed by atoms with Gasteiger partial charge in [-0.1, -0.05) is 67.3 Å². The molecule has 0 aromatic heterocycles. The summed E-state index contributed by atoms with van der Waals surface area (Å²) in [4.78, 5) is 0. The summed E-state index contributed by atoms with van der Waals surface area (Å²) in [6.07, 6.45) is 7.60. The first-order chi connectivity index (χ1) is 9.34. The van der Waals surface area contributed by atoms with E-state index in [-0.39, 0.29) is 0 Å². The molecule has 0 atom stereocenters. The summed E-state index contributed by atoms with van der Waals surface area (Å²) in [5.74, 6) is 0. The van der Waals surface area contributed by atoms with E-state index in [2.05, 4.69) is 67.3 Å². The van der Waals surface area contributed by atoms with Crippen molar-refractivity contribution < 1.29 is 0 Å². The predicted octanol–water partition coefficient (Wildman–Crippen LogP) is 4.71. The zero-order chi connectivity index (χ0) is 12.8. The van der Waals surface area contributed by atoms with Crippen LogP contribution in [0.4, 0.5) is 0 Å². The number of rotatable bonds is 0. The zero-order valence-electron chi connectivity index (χ0n) is 10.7. The lowest BCUT2D eigenvalue weighted by Gasteiger charge is -2.11. The molecule has 2 aromatic carbocycles. The SMILES string of the molecule is C=C1c2ccccc2C2=CC=Cc3cccc1c3C2. The van der Waals surface area contributed by atoms with Gasteiger partial charge in [0, 0.05) is 0 Å². The highest BCUT2D eigenvalue weighted by Crippen LogP contribution is 2.39. The molecular formula is C19H14. The van der Waals surface area contributed by atoms with Crippen molar-refractivity contribution in [3.8, 4) is 0 Å². The lowest BCUT2D eigenvalue weighted by molar-refractivity contribution is 1.28. The molecule has 0 unspecified atom stereocenters. The van der Waals surface area contributed by atoms with Crippen LogP contribution in [0.25, 0.3) is 17.2 Å². The topological polar surface area (TPSA) is 0 Å². The van der Waals surface area contributed by atoms with Crippen LogP contribution in [-0.2, 0) is 6.42 Å². The average molecular weight is 242 g/mol. The Bertz CT molecular complexity index is 757. The van der Waals surface area contributed by atoms with Gasteiger partial charge in [0.1, 0.15) is 0 Å². The van der Waals surface area contributed by atoms with Gasteiger partial charge in [0.05, 0.1) is 0 Å². The molecule has 2 aliphatic carbocycles. The van der Waals surface area contributed by atoms with Gasteiger partial charge in [-0.2, -0.15) is 0 Å². The fourth-order valence-electron chi connectivity index (χ4n) is 3.11. The van der Waals surface area contributed by atoms with Gasteiger partial charge in [-0.3, -0.25) is 0 Å². The molecule has 0 heteroatoms. The first-order valence-electron chi connectivity index (χ1n) is 6.63. The summed E-state index contributed by atoms with van der Waals surface area (Å²) in [6.45, 7) is 4.34. The van der Waals surface area contributed by atoms with E-state index in [0.29, 0.717) is 0 Å². The molecule has 0 spiro atoms. The summed E-state index contributed by atoms with van der Waals surface area (Å²) < 4.78 is 0. The smallest absolute Gasteiger partial charge is 0.000751 e. The van der Waals surface area contributed by atoms with Gasteiger partial charge in [-0.05, 0) is 45.4 Å². The van der Waals surface area contributed by atoms with Crippen LogP contribution >= 0.6 is 0 Å². The number of benzene rings is 2. The molecule has 0 nitrogen and oxygen atoms in total. The number of hydrogen-bond acceptors (Lipinski definition) is 0. The fourth-order valence-corrected chi connectivity index (χ4v) is 3.11. The van der Waals surface area contributed by atoms with Crippen LogP contribution in [-0.4, -0.2) is 0 Å². The van der Waals surface area contributed by atoms with Gasteiger partial charge in [0.2, 0.25) is 0 Å². The third-order valence-electron chi connectivity index (χ3n) is 4.08. The minimum Gasteiger partial charge on any atom is -0.0905 e. The van der Waals surface area contributed by atoms with Gasteiger partial charge in [-0.25, -0.2) is 0 Å². The quantitative estimate of drug-likeness (QED) is 0.627. The second kappa shape index (κ2) is 3.83. The van der Waals surface area contributed by atoms with E-state index in [4.69, 9.17) is 0 Å². The highest BCUT2D eigenvalue weighted by Gasteiger charge is 2.21. The van der Waals surface area contributed by atoms with Crippen molar-refractivity contribution in [3.63, 3.8) is 0 Å². The molecule has 0 fully saturated rings. The van der Waals surface area contributed by atoms with E-state index in [1.54, 1.807) is 0 Å². The summed E-state index contributed by atoms with van der Waals surface area (Å²) >= 11 is 0. The van der Waals surface area contributed by atoms with Crippen LogP contribution in [0.5, 0.6) is 0 Å². The molecule has 0 aliphatic heterocycles. The Labute approximate surface area is 113 Å². The Balaban J connectivity index is 2.14.